The predicted molar refractivity (Wildman–Crippen MR) is 98.9 cm³/mol. The molecule has 1 N–H and O–H groups in total. The Labute approximate surface area is 154 Å². The fourth-order valence-electron chi connectivity index (χ4n) is 2.99. The lowest BCUT2D eigenvalue weighted by Gasteiger charge is -2.07. The van der Waals surface area contributed by atoms with Crippen molar-refractivity contribution in [3.63, 3.8) is 0 Å². The second-order valence-corrected chi connectivity index (χ2v) is 6.22. The quantitative estimate of drug-likeness (QED) is 0.601. The Kier molecular flexibility index (Phi) is 4.08. The summed E-state index contributed by atoms with van der Waals surface area (Å²) < 4.78 is 7.92. The first kappa shape index (κ1) is 16.8. The minimum absolute atomic E-state index is 0.212. The van der Waals surface area contributed by atoms with Crippen LogP contribution in [0.4, 0.5) is 5.69 Å². The third-order valence-electron chi connectivity index (χ3n) is 4.27. The molecule has 0 unspecified atom stereocenters. The number of aromatic nitrogens is 4. The Bertz CT molecular complexity index is 1180. The summed E-state index contributed by atoms with van der Waals surface area (Å²) in [6, 6.07) is 12.7. The van der Waals surface area contributed by atoms with Gasteiger partial charge in [-0.25, -0.2) is 9.48 Å². The number of hydrogen-bond acceptors (Lipinski definition) is 5. The standard InChI is InChI=1S/C19H17N5O3/c1-12-17(13(2)27-22-12)18(25)20-15-7-5-6-14(10-15)11-24-19(26)23-9-4-3-8-16(23)21-24/h3-10H,11H2,1-2H3,(H,20,25). The van der Waals surface area contributed by atoms with E-state index >= 15 is 0 Å². The molecule has 3 aromatic heterocycles. The van der Waals surface area contributed by atoms with Gasteiger partial charge in [0, 0.05) is 11.9 Å². The molecule has 1 aromatic carbocycles. The number of carbonyl (C=O) groups excluding carboxylic acids is 1. The molecule has 0 bridgehead atoms. The molecule has 136 valence electrons. The molecule has 4 rings (SSSR count). The van der Waals surface area contributed by atoms with Gasteiger partial charge in [-0.15, -0.1) is 5.10 Å². The van der Waals surface area contributed by atoms with Gasteiger partial charge in [0.2, 0.25) is 0 Å². The zero-order valence-corrected chi connectivity index (χ0v) is 14.8. The molecule has 1 amide bonds. The molecule has 0 fully saturated rings. The van der Waals surface area contributed by atoms with E-state index < -0.39 is 0 Å². The maximum absolute atomic E-state index is 12.5. The van der Waals surface area contributed by atoms with Gasteiger partial charge in [-0.1, -0.05) is 23.4 Å². The minimum Gasteiger partial charge on any atom is -0.361 e. The van der Waals surface area contributed by atoms with Crippen LogP contribution in [0.25, 0.3) is 5.65 Å². The van der Waals surface area contributed by atoms with E-state index in [-0.39, 0.29) is 11.6 Å². The maximum atomic E-state index is 12.5. The number of amides is 1. The summed E-state index contributed by atoms with van der Waals surface area (Å²) in [7, 11) is 0. The number of anilines is 1. The lowest BCUT2D eigenvalue weighted by atomic mass is 10.1. The van der Waals surface area contributed by atoms with Gasteiger partial charge in [-0.3, -0.25) is 9.20 Å². The zero-order chi connectivity index (χ0) is 19.0. The SMILES string of the molecule is Cc1noc(C)c1C(=O)Nc1cccc(Cn2nc3ccccn3c2=O)c1. The minimum atomic E-state index is -0.284. The molecule has 0 atom stereocenters. The van der Waals surface area contributed by atoms with E-state index in [9.17, 15) is 9.59 Å². The van der Waals surface area contributed by atoms with Crippen LogP contribution in [0.15, 0.2) is 58.0 Å². The first-order valence-corrected chi connectivity index (χ1v) is 8.40. The van der Waals surface area contributed by atoms with Crippen molar-refractivity contribution >= 4 is 17.2 Å². The second-order valence-electron chi connectivity index (χ2n) is 6.22. The number of carbonyl (C=O) groups is 1. The highest BCUT2D eigenvalue weighted by molar-refractivity contribution is 6.05. The highest BCUT2D eigenvalue weighted by Gasteiger charge is 2.17. The number of pyridine rings is 1. The van der Waals surface area contributed by atoms with E-state index in [2.05, 4.69) is 15.6 Å². The van der Waals surface area contributed by atoms with Crippen molar-refractivity contribution in [1.29, 1.82) is 0 Å². The van der Waals surface area contributed by atoms with Gasteiger partial charge in [0.25, 0.3) is 5.91 Å². The molecule has 27 heavy (non-hydrogen) atoms. The summed E-state index contributed by atoms with van der Waals surface area (Å²) in [5, 5.41) is 11.0. The average Bonchev–Trinajstić information content (AvgIpc) is 3.15. The van der Waals surface area contributed by atoms with E-state index in [0.29, 0.717) is 34.9 Å². The number of nitrogens with one attached hydrogen (secondary N) is 1. The van der Waals surface area contributed by atoms with Crippen molar-refractivity contribution in [2.24, 2.45) is 0 Å². The summed E-state index contributed by atoms with van der Waals surface area (Å²) in [4.78, 5) is 24.9. The Hall–Kier alpha value is -3.68. The van der Waals surface area contributed by atoms with Crippen LogP contribution in [0.5, 0.6) is 0 Å². The summed E-state index contributed by atoms with van der Waals surface area (Å²) in [6.45, 7) is 3.72. The molecule has 0 spiro atoms. The second kappa shape index (κ2) is 6.56. The van der Waals surface area contributed by atoms with Crippen molar-refractivity contribution in [3.05, 3.63) is 81.7 Å². The van der Waals surface area contributed by atoms with Crippen molar-refractivity contribution in [2.75, 3.05) is 5.32 Å². The molecule has 0 aliphatic carbocycles. The van der Waals surface area contributed by atoms with E-state index in [1.54, 1.807) is 38.2 Å². The lowest BCUT2D eigenvalue weighted by Crippen LogP contribution is -2.21. The van der Waals surface area contributed by atoms with Crippen LogP contribution in [0.2, 0.25) is 0 Å². The number of hydrogen-bond donors (Lipinski definition) is 1. The summed E-state index contributed by atoms with van der Waals surface area (Å²) in [5.41, 5.74) is 2.81. The average molecular weight is 363 g/mol. The number of aryl methyl sites for hydroxylation is 2. The Morgan fingerprint density at radius 1 is 1.19 bits per heavy atom. The molecule has 3 heterocycles. The van der Waals surface area contributed by atoms with E-state index in [1.807, 2.05) is 24.3 Å². The number of benzene rings is 1. The monoisotopic (exact) mass is 363 g/mol. The summed E-state index contributed by atoms with van der Waals surface area (Å²) in [6.07, 6.45) is 1.68. The van der Waals surface area contributed by atoms with Gasteiger partial charge >= 0.3 is 5.69 Å². The van der Waals surface area contributed by atoms with Crippen molar-refractivity contribution in [2.45, 2.75) is 20.4 Å². The smallest absolute Gasteiger partial charge is 0.350 e. The Morgan fingerprint density at radius 2 is 2.04 bits per heavy atom. The first-order valence-electron chi connectivity index (χ1n) is 8.40. The maximum Gasteiger partial charge on any atom is 0.350 e. The van der Waals surface area contributed by atoms with Crippen molar-refractivity contribution in [3.8, 4) is 0 Å². The molecule has 0 saturated carbocycles. The topological polar surface area (TPSA) is 94.4 Å². The largest absolute Gasteiger partial charge is 0.361 e. The first-order chi connectivity index (χ1) is 13.0. The Balaban J connectivity index is 1.58. The molecule has 0 aliphatic rings. The molecular weight excluding hydrogens is 346 g/mol. The number of nitrogens with zero attached hydrogens (tertiary/aromatic N) is 4. The van der Waals surface area contributed by atoms with E-state index in [0.717, 1.165) is 5.56 Å². The summed E-state index contributed by atoms with van der Waals surface area (Å²) >= 11 is 0. The van der Waals surface area contributed by atoms with E-state index in [1.165, 1.54) is 9.08 Å². The fourth-order valence-corrected chi connectivity index (χ4v) is 2.99. The Morgan fingerprint density at radius 3 is 2.78 bits per heavy atom. The molecule has 0 saturated heterocycles. The van der Waals surface area contributed by atoms with Gasteiger partial charge in [0.05, 0.1) is 12.2 Å². The third kappa shape index (κ3) is 3.12. The molecule has 8 heteroatoms. The fraction of sp³-hybridized carbons (Fsp3) is 0.158. The molecule has 4 aromatic rings. The normalized spacial score (nSPS) is 11.0. The van der Waals surface area contributed by atoms with Gasteiger partial charge in [0.15, 0.2) is 5.65 Å². The van der Waals surface area contributed by atoms with E-state index in [4.69, 9.17) is 4.52 Å². The van der Waals surface area contributed by atoms with Crippen molar-refractivity contribution in [1.82, 2.24) is 19.3 Å². The van der Waals surface area contributed by atoms with Crippen LogP contribution >= 0.6 is 0 Å². The zero-order valence-electron chi connectivity index (χ0n) is 14.8. The summed E-state index contributed by atoms with van der Waals surface area (Å²) in [5.74, 6) is 0.186. The van der Waals surface area contributed by atoms with Crippen LogP contribution in [0.3, 0.4) is 0 Å². The predicted octanol–water partition coefficient (Wildman–Crippen LogP) is 2.40. The molecular formula is C19H17N5O3. The van der Waals surface area contributed by atoms with Gasteiger partial charge < -0.3 is 9.84 Å². The van der Waals surface area contributed by atoms with Crippen LogP contribution in [0.1, 0.15) is 27.4 Å². The van der Waals surface area contributed by atoms with Gasteiger partial charge in [-0.05, 0) is 43.7 Å². The third-order valence-corrected chi connectivity index (χ3v) is 4.27. The highest BCUT2D eigenvalue weighted by Crippen LogP contribution is 2.17. The van der Waals surface area contributed by atoms with Gasteiger partial charge in [-0.2, -0.15) is 0 Å². The molecule has 0 radical (unpaired) electrons. The van der Waals surface area contributed by atoms with Crippen molar-refractivity contribution < 1.29 is 9.32 Å². The highest BCUT2D eigenvalue weighted by atomic mass is 16.5. The van der Waals surface area contributed by atoms with Crippen LogP contribution in [-0.2, 0) is 6.54 Å². The molecule has 0 aliphatic heterocycles. The number of fused-ring (bicyclic) bond motifs is 1. The van der Waals surface area contributed by atoms with Crippen LogP contribution in [-0.4, -0.2) is 25.2 Å². The lowest BCUT2D eigenvalue weighted by molar-refractivity contribution is 0.102. The van der Waals surface area contributed by atoms with Crippen LogP contribution in [0, 0.1) is 13.8 Å². The molecule has 8 nitrogen and oxygen atoms in total. The number of rotatable bonds is 4. The van der Waals surface area contributed by atoms with Gasteiger partial charge in [0.1, 0.15) is 11.3 Å². The van der Waals surface area contributed by atoms with Crippen LogP contribution < -0.4 is 11.0 Å².